The number of halogens is 4. The van der Waals surface area contributed by atoms with Gasteiger partial charge in [0.15, 0.2) is 5.70 Å². The molecule has 3 aromatic rings. The average molecular weight is 584 g/mol. The van der Waals surface area contributed by atoms with Crippen molar-refractivity contribution in [3.8, 4) is 11.1 Å². The largest absolute Gasteiger partial charge is 0.737 e. The van der Waals surface area contributed by atoms with E-state index >= 15 is 8.63 Å². The third kappa shape index (κ3) is 3.28. The van der Waals surface area contributed by atoms with E-state index < -0.39 is 6.97 Å². The summed E-state index contributed by atoms with van der Waals surface area (Å²) in [7, 11) is 0. The summed E-state index contributed by atoms with van der Waals surface area (Å²) < 4.78 is 36.4. The molecule has 1 aromatic heterocycles. The maximum atomic E-state index is 16.6. The highest BCUT2D eigenvalue weighted by Crippen LogP contribution is 2.48. The second kappa shape index (κ2) is 8.31. The van der Waals surface area contributed by atoms with Crippen molar-refractivity contribution in [2.75, 3.05) is 0 Å². The minimum atomic E-state index is -4.12. The second-order valence-electron chi connectivity index (χ2n) is 8.78. The first kappa shape index (κ1) is 23.2. The summed E-state index contributed by atoms with van der Waals surface area (Å²) in [5.41, 5.74) is 8.35. The molecule has 0 bridgehead atoms. The van der Waals surface area contributed by atoms with E-state index in [1.807, 2.05) is 87.5 Å². The van der Waals surface area contributed by atoms with Gasteiger partial charge in [-0.3, -0.25) is 0 Å². The van der Waals surface area contributed by atoms with Crippen LogP contribution in [0.1, 0.15) is 36.4 Å². The number of allylic oxidation sites excluding steroid dienone is 3. The summed E-state index contributed by atoms with van der Waals surface area (Å²) in [4.78, 5) is 0. The molecule has 0 saturated carbocycles. The van der Waals surface area contributed by atoms with Crippen molar-refractivity contribution in [2.45, 2.75) is 27.7 Å². The van der Waals surface area contributed by atoms with Crippen LogP contribution in [0, 0.1) is 13.8 Å². The minimum Gasteiger partial charge on any atom is -0.393 e. The van der Waals surface area contributed by atoms with Crippen molar-refractivity contribution in [1.29, 1.82) is 0 Å². The van der Waals surface area contributed by atoms with E-state index in [0.717, 1.165) is 39.0 Å². The maximum absolute atomic E-state index is 16.6. The van der Waals surface area contributed by atoms with Crippen molar-refractivity contribution in [2.24, 2.45) is 0 Å². The van der Waals surface area contributed by atoms with Gasteiger partial charge in [-0.1, -0.05) is 60.7 Å². The van der Waals surface area contributed by atoms with Gasteiger partial charge in [0, 0.05) is 29.3 Å². The third-order valence-corrected chi connectivity index (χ3v) is 7.38. The fraction of sp³-hybridized carbons (Fsp3) is 0.148. The first-order valence-corrected chi connectivity index (χ1v) is 12.7. The van der Waals surface area contributed by atoms with Gasteiger partial charge in [-0.15, -0.1) is 0 Å². The molecule has 0 N–H and O–H groups in total. The molecule has 0 fully saturated rings. The fourth-order valence-corrected chi connectivity index (χ4v) is 6.04. The Morgan fingerprint density at radius 1 is 0.882 bits per heavy atom. The number of rotatable bonds is 3. The van der Waals surface area contributed by atoms with Crippen molar-refractivity contribution < 1.29 is 13.1 Å². The second-order valence-corrected chi connectivity index (χ2v) is 11.5. The van der Waals surface area contributed by atoms with Gasteiger partial charge in [0.2, 0.25) is 0 Å². The van der Waals surface area contributed by atoms with Crippen LogP contribution in [0.25, 0.3) is 16.7 Å². The van der Waals surface area contributed by atoms with Crippen LogP contribution in [0.4, 0.5) is 8.63 Å². The molecule has 3 heterocycles. The van der Waals surface area contributed by atoms with E-state index in [-0.39, 0.29) is 0 Å². The lowest BCUT2D eigenvalue weighted by atomic mass is 9.83. The average Bonchev–Trinajstić information content (AvgIpc) is 3.21. The molecule has 2 aliphatic heterocycles. The van der Waals surface area contributed by atoms with E-state index in [1.54, 1.807) is 6.92 Å². The van der Waals surface area contributed by atoms with Crippen LogP contribution in [-0.4, -0.2) is 21.6 Å². The van der Waals surface area contributed by atoms with Gasteiger partial charge in [0.25, 0.3) is 0 Å². The summed E-state index contributed by atoms with van der Waals surface area (Å²) in [6.45, 7) is 3.37. The smallest absolute Gasteiger partial charge is 0.393 e. The minimum absolute atomic E-state index is 0.542. The van der Waals surface area contributed by atoms with E-state index in [0.29, 0.717) is 26.2 Å². The van der Waals surface area contributed by atoms with Crippen molar-refractivity contribution in [3.05, 3.63) is 109 Å². The molecule has 0 amide bonds. The highest BCUT2D eigenvalue weighted by Gasteiger charge is 2.56. The number of nitrogens with zero attached hydrogens (tertiary/aromatic N) is 2. The van der Waals surface area contributed by atoms with Crippen LogP contribution in [0.2, 0.25) is 0 Å². The number of hydrogen-bond acceptors (Lipinski definition) is 0. The predicted molar refractivity (Wildman–Crippen MR) is 145 cm³/mol. The zero-order chi connectivity index (χ0) is 24.4. The first-order valence-electron chi connectivity index (χ1n) is 11.1. The van der Waals surface area contributed by atoms with Gasteiger partial charge in [-0.05, 0) is 81.1 Å². The van der Waals surface area contributed by atoms with Gasteiger partial charge >= 0.3 is 6.97 Å². The Hall–Kier alpha value is -2.51. The molecule has 0 saturated heterocycles. The Morgan fingerprint density at radius 2 is 1.44 bits per heavy atom. The van der Waals surface area contributed by atoms with Gasteiger partial charge < -0.3 is 17.6 Å². The highest BCUT2D eigenvalue weighted by atomic mass is 79.9. The zero-order valence-electron chi connectivity index (χ0n) is 19.3. The lowest BCUT2D eigenvalue weighted by Crippen LogP contribution is -2.51. The molecule has 5 rings (SSSR count). The predicted octanol–water partition coefficient (Wildman–Crippen LogP) is 8.20. The van der Waals surface area contributed by atoms with Crippen molar-refractivity contribution in [3.63, 3.8) is 0 Å². The van der Waals surface area contributed by atoms with Crippen LogP contribution < -0.4 is 0 Å². The van der Waals surface area contributed by atoms with E-state index in [2.05, 4.69) is 31.9 Å². The van der Waals surface area contributed by atoms with Crippen LogP contribution in [0.5, 0.6) is 0 Å². The van der Waals surface area contributed by atoms with Gasteiger partial charge in [-0.2, -0.15) is 0 Å². The number of aromatic nitrogens is 1. The van der Waals surface area contributed by atoms with Crippen LogP contribution in [-0.2, 0) is 0 Å². The van der Waals surface area contributed by atoms with Crippen molar-refractivity contribution >= 4 is 50.1 Å². The quantitative estimate of drug-likeness (QED) is 0.275. The van der Waals surface area contributed by atoms with E-state index in [9.17, 15) is 0 Å². The Balaban J connectivity index is 1.97. The Kier molecular flexibility index (Phi) is 5.68. The Morgan fingerprint density at radius 3 is 2.00 bits per heavy atom. The molecule has 0 atom stereocenters. The van der Waals surface area contributed by atoms with E-state index in [4.69, 9.17) is 0 Å². The summed E-state index contributed by atoms with van der Waals surface area (Å²) in [5.74, 6) is 0. The molecule has 2 nitrogen and oxygen atoms in total. The SMILES string of the molecule is CC1=C(C=C(Br)Br)C(C)=[N+]2C1=C(c1ccccc1)c1c(C)c(-c3ccccc3)c(C)n1[B-]2(F)F. The van der Waals surface area contributed by atoms with Crippen LogP contribution in [0.3, 0.4) is 0 Å². The molecule has 0 aliphatic carbocycles. The molecule has 2 aliphatic rings. The highest BCUT2D eigenvalue weighted by molar-refractivity contribution is 9.28. The summed E-state index contributed by atoms with van der Waals surface area (Å²) in [6, 6.07) is 19.7. The van der Waals surface area contributed by atoms with E-state index in [1.165, 1.54) is 8.96 Å². The van der Waals surface area contributed by atoms with Gasteiger partial charge in [0.1, 0.15) is 5.71 Å². The van der Waals surface area contributed by atoms with Crippen LogP contribution in [0.15, 0.2) is 87.0 Å². The Labute approximate surface area is 215 Å². The lowest BCUT2D eigenvalue weighted by Gasteiger charge is -2.34. The molecule has 2 aromatic carbocycles. The Bertz CT molecular complexity index is 1460. The van der Waals surface area contributed by atoms with Crippen molar-refractivity contribution in [1.82, 2.24) is 4.48 Å². The summed E-state index contributed by atoms with van der Waals surface area (Å²) >= 11 is 6.83. The normalized spacial score (nSPS) is 16.7. The van der Waals surface area contributed by atoms with Gasteiger partial charge in [-0.25, -0.2) is 0 Å². The molecular formula is C27H23BBr2F2N2. The summed E-state index contributed by atoms with van der Waals surface area (Å²) in [6.07, 6.45) is 1.86. The standard InChI is InChI=1S/C27H23BBr2F2N2/c1-16-22(15-23(29)30)18(3)33-26(16)25(21-13-9-6-10-14-21)27-17(2)24(20-11-7-5-8-12-20)19(4)34(27)28(33,31)32/h5-15H,1-4H3. The molecule has 7 heteroatoms. The molecule has 0 unspecified atom stereocenters. The molecule has 34 heavy (non-hydrogen) atoms. The monoisotopic (exact) mass is 582 g/mol. The third-order valence-electron chi connectivity index (χ3n) is 6.92. The lowest BCUT2D eigenvalue weighted by molar-refractivity contribution is -0.363. The number of hydrogen-bond donors (Lipinski definition) is 0. The van der Waals surface area contributed by atoms with Gasteiger partial charge in [0.05, 0.1) is 8.96 Å². The summed E-state index contributed by atoms with van der Waals surface area (Å²) in [5, 5.41) is 0. The topological polar surface area (TPSA) is 7.94 Å². The molecular weight excluding hydrogens is 561 g/mol. The maximum Gasteiger partial charge on any atom is 0.737 e. The first-order chi connectivity index (χ1) is 16.2. The molecule has 172 valence electrons. The van der Waals surface area contributed by atoms with Crippen LogP contribution >= 0.6 is 31.9 Å². The fourth-order valence-electron chi connectivity index (χ4n) is 5.59. The number of benzene rings is 2. The molecule has 0 spiro atoms. The number of fused-ring (bicyclic) bond motifs is 2. The molecule has 0 radical (unpaired) electrons. The zero-order valence-corrected chi connectivity index (χ0v) is 22.5.